The van der Waals surface area contributed by atoms with Crippen LogP contribution in [0.25, 0.3) is 10.9 Å². The Hall–Kier alpha value is -2.30. The van der Waals surface area contributed by atoms with E-state index >= 15 is 0 Å². The SMILES string of the molecule is CNCc1cc(Cl)cc(OCc2ccc3ccc(N)nc3c2)c1. The van der Waals surface area contributed by atoms with Crippen LogP contribution in [0, 0.1) is 0 Å². The van der Waals surface area contributed by atoms with E-state index in [1.165, 1.54) is 0 Å². The summed E-state index contributed by atoms with van der Waals surface area (Å²) in [7, 11) is 1.90. The van der Waals surface area contributed by atoms with Crippen LogP contribution in [0.15, 0.2) is 48.5 Å². The molecule has 0 aliphatic heterocycles. The minimum absolute atomic E-state index is 0.450. The van der Waals surface area contributed by atoms with Gasteiger partial charge in [0.2, 0.25) is 0 Å². The molecule has 23 heavy (non-hydrogen) atoms. The van der Waals surface area contributed by atoms with E-state index in [0.29, 0.717) is 17.4 Å². The number of pyridine rings is 1. The van der Waals surface area contributed by atoms with Crippen molar-refractivity contribution >= 4 is 28.3 Å². The smallest absolute Gasteiger partial charge is 0.124 e. The lowest BCUT2D eigenvalue weighted by Crippen LogP contribution is -2.05. The number of hydrogen-bond donors (Lipinski definition) is 2. The first-order valence-electron chi connectivity index (χ1n) is 7.36. The molecule has 0 aliphatic rings. The van der Waals surface area contributed by atoms with Gasteiger partial charge in [0.25, 0.3) is 0 Å². The molecule has 3 N–H and O–H groups in total. The lowest BCUT2D eigenvalue weighted by molar-refractivity contribution is 0.306. The van der Waals surface area contributed by atoms with Crippen LogP contribution in [-0.2, 0) is 13.2 Å². The van der Waals surface area contributed by atoms with Crippen LogP contribution in [0.3, 0.4) is 0 Å². The van der Waals surface area contributed by atoms with Gasteiger partial charge in [-0.3, -0.25) is 0 Å². The molecule has 0 saturated carbocycles. The molecule has 4 nitrogen and oxygen atoms in total. The molecule has 0 spiro atoms. The second-order valence-electron chi connectivity index (χ2n) is 5.38. The number of hydrogen-bond acceptors (Lipinski definition) is 4. The van der Waals surface area contributed by atoms with E-state index in [4.69, 9.17) is 22.1 Å². The lowest BCUT2D eigenvalue weighted by atomic mass is 10.1. The number of benzene rings is 2. The Balaban J connectivity index is 1.77. The zero-order valence-corrected chi connectivity index (χ0v) is 13.6. The van der Waals surface area contributed by atoms with Gasteiger partial charge < -0.3 is 15.8 Å². The molecule has 3 aromatic rings. The summed E-state index contributed by atoms with van der Waals surface area (Å²) in [6.07, 6.45) is 0. The summed E-state index contributed by atoms with van der Waals surface area (Å²) in [6, 6.07) is 15.5. The number of nitrogens with zero attached hydrogens (tertiary/aromatic N) is 1. The van der Waals surface area contributed by atoms with Crippen molar-refractivity contribution in [3.05, 3.63) is 64.7 Å². The van der Waals surface area contributed by atoms with Crippen LogP contribution in [0.4, 0.5) is 5.82 Å². The summed E-state index contributed by atoms with van der Waals surface area (Å²) in [5, 5.41) is 4.83. The second-order valence-corrected chi connectivity index (χ2v) is 5.81. The maximum Gasteiger partial charge on any atom is 0.124 e. The van der Waals surface area contributed by atoms with Gasteiger partial charge in [-0.1, -0.05) is 23.7 Å². The number of anilines is 1. The van der Waals surface area contributed by atoms with Crippen molar-refractivity contribution in [2.75, 3.05) is 12.8 Å². The first kappa shape index (κ1) is 15.6. The summed E-state index contributed by atoms with van der Waals surface area (Å²) in [5.74, 6) is 1.27. The Morgan fingerprint density at radius 3 is 2.74 bits per heavy atom. The van der Waals surface area contributed by atoms with Gasteiger partial charge in [0.05, 0.1) is 5.52 Å². The zero-order chi connectivity index (χ0) is 16.2. The molecule has 0 amide bonds. The predicted octanol–water partition coefficient (Wildman–Crippen LogP) is 3.77. The third-order valence-corrected chi connectivity index (χ3v) is 3.71. The molecule has 2 aromatic carbocycles. The molecule has 5 heteroatoms. The Labute approximate surface area is 140 Å². The van der Waals surface area contributed by atoms with Gasteiger partial charge in [-0.25, -0.2) is 4.98 Å². The van der Waals surface area contributed by atoms with Crippen LogP contribution in [0.1, 0.15) is 11.1 Å². The van der Waals surface area contributed by atoms with Crippen molar-refractivity contribution in [1.29, 1.82) is 0 Å². The molecule has 1 heterocycles. The van der Waals surface area contributed by atoms with E-state index in [1.54, 1.807) is 6.07 Å². The highest BCUT2D eigenvalue weighted by Gasteiger charge is 2.03. The Kier molecular flexibility index (Phi) is 4.65. The lowest BCUT2D eigenvalue weighted by Gasteiger charge is -2.10. The third-order valence-electron chi connectivity index (χ3n) is 3.50. The molecular weight excluding hydrogens is 310 g/mol. The van der Waals surface area contributed by atoms with E-state index < -0.39 is 0 Å². The quantitative estimate of drug-likeness (QED) is 0.749. The maximum atomic E-state index is 6.13. The van der Waals surface area contributed by atoms with Crippen molar-refractivity contribution in [1.82, 2.24) is 10.3 Å². The van der Waals surface area contributed by atoms with Crippen LogP contribution in [0.5, 0.6) is 5.75 Å². The van der Waals surface area contributed by atoms with Crippen LogP contribution >= 0.6 is 11.6 Å². The largest absolute Gasteiger partial charge is 0.489 e. The zero-order valence-electron chi connectivity index (χ0n) is 12.8. The van der Waals surface area contributed by atoms with Gasteiger partial charge in [-0.15, -0.1) is 0 Å². The number of fused-ring (bicyclic) bond motifs is 1. The molecule has 1 aromatic heterocycles. The molecule has 0 fully saturated rings. The highest BCUT2D eigenvalue weighted by molar-refractivity contribution is 6.30. The van der Waals surface area contributed by atoms with Gasteiger partial charge in [-0.05, 0) is 54.6 Å². The normalized spacial score (nSPS) is 10.9. The molecule has 0 saturated heterocycles. The average molecular weight is 328 g/mol. The predicted molar refractivity (Wildman–Crippen MR) is 94.7 cm³/mol. The topological polar surface area (TPSA) is 60.2 Å². The fourth-order valence-electron chi connectivity index (χ4n) is 2.45. The van der Waals surface area contributed by atoms with E-state index in [9.17, 15) is 0 Å². The monoisotopic (exact) mass is 327 g/mol. The van der Waals surface area contributed by atoms with Crippen LogP contribution < -0.4 is 15.8 Å². The van der Waals surface area contributed by atoms with Gasteiger partial charge in [0.1, 0.15) is 18.2 Å². The van der Waals surface area contributed by atoms with E-state index in [0.717, 1.165) is 34.3 Å². The molecule has 0 radical (unpaired) electrons. The Morgan fingerprint density at radius 1 is 1.09 bits per heavy atom. The van der Waals surface area contributed by atoms with Crippen molar-refractivity contribution in [2.45, 2.75) is 13.2 Å². The number of nitrogens with one attached hydrogen (secondary N) is 1. The van der Waals surface area contributed by atoms with Crippen molar-refractivity contribution in [3.8, 4) is 5.75 Å². The summed E-state index contributed by atoms with van der Waals surface area (Å²) in [6.45, 7) is 1.20. The fraction of sp³-hybridized carbons (Fsp3) is 0.167. The van der Waals surface area contributed by atoms with Crippen molar-refractivity contribution in [3.63, 3.8) is 0 Å². The van der Waals surface area contributed by atoms with Crippen LogP contribution in [-0.4, -0.2) is 12.0 Å². The summed E-state index contributed by atoms with van der Waals surface area (Å²) in [5.41, 5.74) is 8.73. The summed E-state index contributed by atoms with van der Waals surface area (Å²) in [4.78, 5) is 4.34. The molecule has 0 bridgehead atoms. The van der Waals surface area contributed by atoms with Gasteiger partial charge in [-0.2, -0.15) is 0 Å². The third kappa shape index (κ3) is 3.92. The number of halogens is 1. The summed E-state index contributed by atoms with van der Waals surface area (Å²) >= 11 is 6.13. The number of aromatic nitrogens is 1. The van der Waals surface area contributed by atoms with E-state index in [2.05, 4.69) is 10.3 Å². The fourth-order valence-corrected chi connectivity index (χ4v) is 2.69. The highest BCUT2D eigenvalue weighted by Crippen LogP contribution is 2.23. The number of rotatable bonds is 5. The Morgan fingerprint density at radius 2 is 1.91 bits per heavy atom. The molecule has 0 aliphatic carbocycles. The molecular formula is C18H18ClN3O. The van der Waals surface area contributed by atoms with E-state index in [1.807, 2.05) is 49.5 Å². The minimum atomic E-state index is 0.450. The highest BCUT2D eigenvalue weighted by atomic mass is 35.5. The summed E-state index contributed by atoms with van der Waals surface area (Å²) < 4.78 is 5.87. The maximum absolute atomic E-state index is 6.13. The van der Waals surface area contributed by atoms with E-state index in [-0.39, 0.29) is 0 Å². The molecule has 0 unspecified atom stereocenters. The van der Waals surface area contributed by atoms with Crippen molar-refractivity contribution in [2.24, 2.45) is 0 Å². The number of nitrogens with two attached hydrogens (primary N) is 1. The molecule has 118 valence electrons. The molecule has 3 rings (SSSR count). The standard InChI is InChI=1S/C18H18ClN3O/c1-21-10-13-6-15(19)9-16(7-13)23-11-12-2-3-14-4-5-18(20)22-17(14)8-12/h2-9,21H,10-11H2,1H3,(H2,20,22). The number of nitrogen functional groups attached to an aromatic ring is 1. The molecule has 0 atom stereocenters. The first-order chi connectivity index (χ1) is 11.1. The Bertz CT molecular complexity index is 836. The minimum Gasteiger partial charge on any atom is -0.489 e. The van der Waals surface area contributed by atoms with Gasteiger partial charge in [0.15, 0.2) is 0 Å². The van der Waals surface area contributed by atoms with Crippen LogP contribution in [0.2, 0.25) is 5.02 Å². The first-order valence-corrected chi connectivity index (χ1v) is 7.74. The average Bonchev–Trinajstić information content (AvgIpc) is 2.52. The second kappa shape index (κ2) is 6.86. The van der Waals surface area contributed by atoms with Gasteiger partial charge in [0, 0.05) is 17.0 Å². The van der Waals surface area contributed by atoms with Crippen molar-refractivity contribution < 1.29 is 4.74 Å². The number of ether oxygens (including phenoxy) is 1. The van der Waals surface area contributed by atoms with Gasteiger partial charge >= 0.3 is 0 Å².